The highest BCUT2D eigenvalue weighted by Crippen LogP contribution is 2.09. The Bertz CT molecular complexity index is 353. The van der Waals surface area contributed by atoms with Crippen LogP contribution in [-0.2, 0) is 0 Å². The Kier molecular flexibility index (Phi) is 3.14. The molecule has 0 saturated heterocycles. The standard InChI is InChI=1S/C9H10F2N2O/c1-13(2)12-9(14)7-5-6(10)3-4-8(7)11/h3-5H,1-2H3,(H,12,14). The number of hydrazine groups is 1. The van der Waals surface area contributed by atoms with E-state index in [2.05, 4.69) is 5.43 Å². The first-order chi connectivity index (χ1) is 6.50. The molecule has 1 aromatic rings. The van der Waals surface area contributed by atoms with E-state index >= 15 is 0 Å². The number of hydrogen-bond acceptors (Lipinski definition) is 2. The zero-order chi connectivity index (χ0) is 10.7. The number of nitrogens with zero attached hydrogens (tertiary/aromatic N) is 1. The number of carbonyl (C=O) groups excluding carboxylic acids is 1. The zero-order valence-corrected chi connectivity index (χ0v) is 7.84. The van der Waals surface area contributed by atoms with Gasteiger partial charge in [0.05, 0.1) is 5.56 Å². The SMILES string of the molecule is CN(C)NC(=O)c1cc(F)ccc1F. The van der Waals surface area contributed by atoms with Crippen molar-refractivity contribution in [1.29, 1.82) is 0 Å². The van der Waals surface area contributed by atoms with E-state index in [4.69, 9.17) is 0 Å². The summed E-state index contributed by atoms with van der Waals surface area (Å²) < 4.78 is 25.7. The molecular formula is C9H10F2N2O. The summed E-state index contributed by atoms with van der Waals surface area (Å²) in [5, 5.41) is 1.35. The van der Waals surface area contributed by atoms with Gasteiger partial charge in [-0.1, -0.05) is 0 Å². The van der Waals surface area contributed by atoms with E-state index in [1.807, 2.05) is 0 Å². The number of halogens is 2. The Hall–Kier alpha value is -1.49. The zero-order valence-electron chi connectivity index (χ0n) is 7.84. The van der Waals surface area contributed by atoms with Crippen LogP contribution in [0.25, 0.3) is 0 Å². The van der Waals surface area contributed by atoms with E-state index in [0.29, 0.717) is 0 Å². The molecule has 76 valence electrons. The van der Waals surface area contributed by atoms with Gasteiger partial charge in [-0.25, -0.2) is 13.8 Å². The lowest BCUT2D eigenvalue weighted by Gasteiger charge is -2.11. The van der Waals surface area contributed by atoms with E-state index in [-0.39, 0.29) is 5.56 Å². The van der Waals surface area contributed by atoms with Gasteiger partial charge in [-0.2, -0.15) is 0 Å². The fourth-order valence-corrected chi connectivity index (χ4v) is 0.935. The third-order valence-electron chi connectivity index (χ3n) is 1.50. The second-order valence-corrected chi connectivity index (χ2v) is 2.96. The Morgan fingerprint density at radius 1 is 1.36 bits per heavy atom. The molecule has 5 heteroatoms. The molecule has 0 aliphatic rings. The van der Waals surface area contributed by atoms with Crippen molar-refractivity contribution >= 4 is 5.91 Å². The molecule has 1 amide bonds. The molecule has 0 aliphatic heterocycles. The average Bonchev–Trinajstić information content (AvgIpc) is 2.08. The quantitative estimate of drug-likeness (QED) is 0.727. The Balaban J connectivity index is 2.94. The van der Waals surface area contributed by atoms with E-state index < -0.39 is 17.5 Å². The van der Waals surface area contributed by atoms with Crippen LogP contribution < -0.4 is 5.43 Å². The summed E-state index contributed by atoms with van der Waals surface area (Å²) in [5.41, 5.74) is 2.01. The van der Waals surface area contributed by atoms with Crippen molar-refractivity contribution in [3.05, 3.63) is 35.4 Å². The molecule has 0 heterocycles. The van der Waals surface area contributed by atoms with Crippen LogP contribution in [0.2, 0.25) is 0 Å². The third kappa shape index (κ3) is 2.50. The van der Waals surface area contributed by atoms with Crippen molar-refractivity contribution in [1.82, 2.24) is 10.4 Å². The summed E-state index contributed by atoms with van der Waals surface area (Å²) in [6.45, 7) is 0. The van der Waals surface area contributed by atoms with Gasteiger partial charge in [0.15, 0.2) is 0 Å². The van der Waals surface area contributed by atoms with E-state index in [9.17, 15) is 13.6 Å². The summed E-state index contributed by atoms with van der Waals surface area (Å²) in [6, 6.07) is 2.73. The van der Waals surface area contributed by atoms with Gasteiger partial charge in [0.2, 0.25) is 0 Å². The molecule has 0 aliphatic carbocycles. The summed E-state index contributed by atoms with van der Waals surface area (Å²) in [6.07, 6.45) is 0. The fourth-order valence-electron chi connectivity index (χ4n) is 0.935. The largest absolute Gasteiger partial charge is 0.285 e. The second kappa shape index (κ2) is 4.15. The number of amides is 1. The van der Waals surface area contributed by atoms with Crippen LogP contribution in [0.5, 0.6) is 0 Å². The molecule has 0 radical (unpaired) electrons. The highest BCUT2D eigenvalue weighted by Gasteiger charge is 2.12. The van der Waals surface area contributed by atoms with E-state index in [0.717, 1.165) is 18.2 Å². The molecule has 1 N–H and O–H groups in total. The molecule has 0 fully saturated rings. The predicted molar refractivity (Wildman–Crippen MR) is 47.5 cm³/mol. The maximum atomic E-state index is 13.0. The van der Waals surface area contributed by atoms with Gasteiger partial charge < -0.3 is 0 Å². The highest BCUT2D eigenvalue weighted by atomic mass is 19.1. The van der Waals surface area contributed by atoms with Crippen LogP contribution in [0.3, 0.4) is 0 Å². The van der Waals surface area contributed by atoms with Gasteiger partial charge in [-0.15, -0.1) is 0 Å². The predicted octanol–water partition coefficient (Wildman–Crippen LogP) is 1.17. The molecule has 0 bridgehead atoms. The molecule has 0 aromatic heterocycles. The van der Waals surface area contributed by atoms with Gasteiger partial charge in [-0.05, 0) is 18.2 Å². The first-order valence-corrected chi connectivity index (χ1v) is 3.94. The number of rotatable bonds is 2. The number of nitrogens with one attached hydrogen (secondary N) is 1. The minimum absolute atomic E-state index is 0.307. The van der Waals surface area contributed by atoms with Crippen molar-refractivity contribution in [2.75, 3.05) is 14.1 Å². The average molecular weight is 200 g/mol. The first kappa shape index (κ1) is 10.6. The van der Waals surface area contributed by atoms with Crippen LogP contribution in [0.1, 0.15) is 10.4 Å². The van der Waals surface area contributed by atoms with Crippen molar-refractivity contribution in [3.63, 3.8) is 0 Å². The minimum Gasteiger partial charge on any atom is -0.285 e. The molecule has 0 atom stereocenters. The minimum atomic E-state index is -0.745. The van der Waals surface area contributed by atoms with Gasteiger partial charge in [0.1, 0.15) is 11.6 Å². The molecular weight excluding hydrogens is 190 g/mol. The van der Waals surface area contributed by atoms with Crippen LogP contribution in [0, 0.1) is 11.6 Å². The van der Waals surface area contributed by atoms with Gasteiger partial charge in [-0.3, -0.25) is 10.2 Å². The van der Waals surface area contributed by atoms with Gasteiger partial charge in [0.25, 0.3) is 5.91 Å². The van der Waals surface area contributed by atoms with Crippen molar-refractivity contribution in [3.8, 4) is 0 Å². The van der Waals surface area contributed by atoms with Crippen molar-refractivity contribution in [2.45, 2.75) is 0 Å². The topological polar surface area (TPSA) is 32.3 Å². The van der Waals surface area contributed by atoms with E-state index in [1.54, 1.807) is 14.1 Å². The fraction of sp³-hybridized carbons (Fsp3) is 0.222. The Labute approximate surface area is 80.3 Å². The van der Waals surface area contributed by atoms with Crippen molar-refractivity contribution < 1.29 is 13.6 Å². The third-order valence-corrected chi connectivity index (χ3v) is 1.50. The lowest BCUT2D eigenvalue weighted by molar-refractivity contribution is 0.0852. The lowest BCUT2D eigenvalue weighted by Crippen LogP contribution is -2.36. The van der Waals surface area contributed by atoms with Crippen LogP contribution in [-0.4, -0.2) is 25.0 Å². The smallest absolute Gasteiger partial charge is 0.268 e. The summed E-state index contributed by atoms with van der Waals surface area (Å²) >= 11 is 0. The molecule has 14 heavy (non-hydrogen) atoms. The second-order valence-electron chi connectivity index (χ2n) is 2.96. The summed E-state index contributed by atoms with van der Waals surface area (Å²) in [5.74, 6) is -2.06. The first-order valence-electron chi connectivity index (χ1n) is 3.94. The summed E-state index contributed by atoms with van der Waals surface area (Å²) in [7, 11) is 3.16. The normalized spacial score (nSPS) is 10.4. The van der Waals surface area contributed by atoms with Crippen LogP contribution in [0.4, 0.5) is 8.78 Å². The highest BCUT2D eigenvalue weighted by molar-refractivity contribution is 5.94. The molecule has 0 unspecified atom stereocenters. The molecule has 0 saturated carbocycles. The lowest BCUT2D eigenvalue weighted by atomic mass is 10.2. The Morgan fingerprint density at radius 2 is 2.00 bits per heavy atom. The number of hydrogen-bond donors (Lipinski definition) is 1. The van der Waals surface area contributed by atoms with Crippen LogP contribution in [0.15, 0.2) is 18.2 Å². The van der Waals surface area contributed by atoms with Gasteiger partial charge in [0, 0.05) is 14.1 Å². The Morgan fingerprint density at radius 3 is 2.57 bits per heavy atom. The molecule has 3 nitrogen and oxygen atoms in total. The van der Waals surface area contributed by atoms with Crippen molar-refractivity contribution in [2.24, 2.45) is 0 Å². The molecule has 1 rings (SSSR count). The monoisotopic (exact) mass is 200 g/mol. The maximum absolute atomic E-state index is 13.0. The number of carbonyl (C=O) groups is 1. The van der Waals surface area contributed by atoms with Crippen LogP contribution >= 0.6 is 0 Å². The maximum Gasteiger partial charge on any atom is 0.268 e. The summed E-state index contributed by atoms with van der Waals surface area (Å²) in [4.78, 5) is 11.3. The van der Waals surface area contributed by atoms with Gasteiger partial charge >= 0.3 is 0 Å². The molecule has 1 aromatic carbocycles. The molecule has 0 spiro atoms. The number of benzene rings is 1. The van der Waals surface area contributed by atoms with E-state index in [1.165, 1.54) is 5.01 Å².